The van der Waals surface area contributed by atoms with Crippen molar-refractivity contribution in [2.24, 2.45) is 63.7 Å². The Balaban J connectivity index is 0.000000185. The maximum atomic E-state index is 12.9. The largest absolute Gasteiger partial charge is 0.378 e. The molecule has 0 aromatic heterocycles. The summed E-state index contributed by atoms with van der Waals surface area (Å²) in [7, 11) is 0. The van der Waals surface area contributed by atoms with Crippen LogP contribution in [0.25, 0.3) is 0 Å². The Bertz CT molecular complexity index is 2240. The Morgan fingerprint density at radius 1 is 0.400 bits per heavy atom. The molecule has 15 atom stereocenters. The van der Waals surface area contributed by atoms with Gasteiger partial charge in [0, 0.05) is 219 Å². The van der Waals surface area contributed by atoms with Gasteiger partial charge in [-0.1, -0.05) is 20.3 Å². The lowest BCUT2D eigenvalue weighted by Gasteiger charge is -2.54. The first-order chi connectivity index (χ1) is 49.3. The lowest BCUT2D eigenvalue weighted by molar-refractivity contribution is -0.164. The van der Waals surface area contributed by atoms with Crippen molar-refractivity contribution in [3.8, 4) is 0 Å². The monoisotopic (exact) mass is 1490 g/mol. The van der Waals surface area contributed by atoms with E-state index in [1.165, 1.54) is 188 Å². The number of nitrogens with two attached hydrogens (primary N) is 5. The molecular formula is C86H177FN16O2. The second-order valence-corrected chi connectivity index (χ2v) is 38.6. The van der Waals surface area contributed by atoms with Crippen molar-refractivity contribution in [2.75, 3.05) is 138 Å². The molecule has 16 rings (SSSR count). The van der Waals surface area contributed by atoms with Gasteiger partial charge in [-0.3, -0.25) is 34.3 Å². The van der Waals surface area contributed by atoms with Gasteiger partial charge in [0.1, 0.15) is 11.8 Å². The number of halogens is 1. The van der Waals surface area contributed by atoms with Crippen LogP contribution in [0.2, 0.25) is 0 Å². The molecule has 4 bridgehead atoms. The highest BCUT2D eigenvalue weighted by molar-refractivity contribution is 5.04. The maximum Gasteiger partial charge on any atom is 0.114 e. The summed E-state index contributed by atoms with van der Waals surface area (Å²) >= 11 is 0. The van der Waals surface area contributed by atoms with Crippen LogP contribution in [-0.2, 0) is 9.47 Å². The third kappa shape index (κ3) is 28.9. The van der Waals surface area contributed by atoms with Crippen molar-refractivity contribution in [1.82, 2.24) is 54.7 Å². The molecule has 0 aromatic carbocycles. The summed E-state index contributed by atoms with van der Waals surface area (Å²) in [4.78, 5) is 22.5. The molecule has 12 N–H and O–H groups in total. The van der Waals surface area contributed by atoms with Gasteiger partial charge in [-0.15, -0.1) is 0 Å². The fourth-order valence-electron chi connectivity index (χ4n) is 20.5. The van der Waals surface area contributed by atoms with Crippen LogP contribution in [0, 0.1) is 35.0 Å². The number of hydrogen-bond acceptors (Lipinski definition) is 18. The number of hydrogen-bond donors (Lipinski definition) is 7. The summed E-state index contributed by atoms with van der Waals surface area (Å²) in [6, 6.07) is 9.95. The number of ether oxygens (including phenoxy) is 2. The molecule has 2 spiro atoms. The fourth-order valence-corrected chi connectivity index (χ4v) is 20.5. The molecule has 19 heteroatoms. The Labute approximate surface area is 648 Å². The van der Waals surface area contributed by atoms with E-state index in [0.29, 0.717) is 103 Å². The quantitative estimate of drug-likeness (QED) is 0.115. The Morgan fingerprint density at radius 2 is 0.952 bits per heavy atom. The maximum absolute atomic E-state index is 12.9. The average Bonchev–Trinajstić information content (AvgIpc) is 0.960. The first kappa shape index (κ1) is 93.1. The molecule has 3 aliphatic carbocycles. The van der Waals surface area contributed by atoms with Crippen LogP contribution in [0.4, 0.5) is 4.39 Å². The summed E-state index contributed by atoms with van der Waals surface area (Å²) in [6.07, 6.45) is 24.8. The minimum atomic E-state index is -0.721. The number of fused-ring (bicyclic) bond motifs is 7. The smallest absolute Gasteiger partial charge is 0.114 e. The molecule has 620 valence electrons. The fraction of sp³-hybridized carbons (Fsp3) is 1.00. The summed E-state index contributed by atoms with van der Waals surface area (Å²) in [5.74, 6) is 4.68. The molecule has 3 saturated carbocycles. The zero-order valence-corrected chi connectivity index (χ0v) is 71.2. The Morgan fingerprint density at radius 3 is 1.45 bits per heavy atom. The molecule has 18 nitrogen and oxygen atoms in total. The van der Waals surface area contributed by atoms with E-state index in [4.69, 9.17) is 38.1 Å². The summed E-state index contributed by atoms with van der Waals surface area (Å²) in [6.45, 7) is 66.8. The van der Waals surface area contributed by atoms with Crippen LogP contribution in [0.5, 0.6) is 0 Å². The molecule has 0 amide bonds. The molecule has 13 aliphatic heterocycles. The van der Waals surface area contributed by atoms with Crippen LogP contribution in [0.1, 0.15) is 261 Å². The number of alkyl halides is 1. The number of nitrogens with zero attached hydrogens (tertiary/aromatic N) is 9. The van der Waals surface area contributed by atoms with Crippen LogP contribution in [0.15, 0.2) is 0 Å². The van der Waals surface area contributed by atoms with Gasteiger partial charge in [-0.05, 0) is 290 Å². The van der Waals surface area contributed by atoms with E-state index in [1.54, 1.807) is 0 Å². The average molecular weight is 1490 g/mol. The van der Waals surface area contributed by atoms with Gasteiger partial charge in [-0.25, -0.2) is 4.39 Å². The van der Waals surface area contributed by atoms with Gasteiger partial charge >= 0.3 is 0 Å². The number of rotatable bonds is 9. The van der Waals surface area contributed by atoms with E-state index in [-0.39, 0.29) is 19.1 Å². The predicted molar refractivity (Wildman–Crippen MR) is 446 cm³/mol. The van der Waals surface area contributed by atoms with Crippen molar-refractivity contribution < 1.29 is 13.9 Å². The summed E-state index contributed by atoms with van der Waals surface area (Å²) in [5.41, 5.74) is 30.4. The topological polar surface area (TPSA) is 202 Å². The van der Waals surface area contributed by atoms with Crippen LogP contribution < -0.4 is 39.3 Å². The van der Waals surface area contributed by atoms with Crippen LogP contribution >= 0.6 is 0 Å². The zero-order chi connectivity index (χ0) is 76.2. The van der Waals surface area contributed by atoms with Crippen molar-refractivity contribution in [3.05, 3.63) is 0 Å². The zero-order valence-electron chi connectivity index (χ0n) is 71.2. The van der Waals surface area contributed by atoms with E-state index >= 15 is 0 Å². The minimum absolute atomic E-state index is 0. The van der Waals surface area contributed by atoms with Gasteiger partial charge in [0.15, 0.2) is 0 Å². The summed E-state index contributed by atoms with van der Waals surface area (Å²) in [5, 5.41) is 6.90. The normalized spacial score (nSPS) is 35.0. The van der Waals surface area contributed by atoms with Crippen molar-refractivity contribution >= 4 is 0 Å². The van der Waals surface area contributed by atoms with Gasteiger partial charge in [-0.2, -0.15) is 0 Å². The van der Waals surface area contributed by atoms with Gasteiger partial charge < -0.3 is 58.6 Å². The molecular weight excluding hydrogens is 1310 g/mol. The number of piperidine rings is 9. The molecule has 15 unspecified atom stereocenters. The van der Waals surface area contributed by atoms with E-state index in [2.05, 4.69) is 186 Å². The third-order valence-electron chi connectivity index (χ3n) is 27.4. The SMILES string of the molecule is C.CC(C)N1CC(N)CC(F)C1.CC(C)N1CC(N)CCC1C.CC(C)N1CC2(CCCNC2)C1.CC(C)N1CC2(CNCCO2)C1.CC(C)N1CC2CCC1C(N)C2.CC(C)N1CC2CCC1C2N.CC(C)N1CCC2CCCC2C1.CC(C)N1CCC2OCCCC2C1.CC(C)N1CCCC(N)C1. The van der Waals surface area contributed by atoms with Gasteiger partial charge in [0.05, 0.1) is 12.7 Å². The first-order valence-electron chi connectivity index (χ1n) is 44.1. The number of likely N-dealkylation sites (tertiary alicyclic amines) is 8. The van der Waals surface area contributed by atoms with Gasteiger partial charge in [0.2, 0.25) is 0 Å². The Kier molecular flexibility index (Phi) is 40.2. The van der Waals surface area contributed by atoms with E-state index < -0.39 is 6.17 Å². The van der Waals surface area contributed by atoms with E-state index in [0.717, 1.165) is 107 Å². The minimum Gasteiger partial charge on any atom is -0.378 e. The third-order valence-corrected chi connectivity index (χ3v) is 27.4. The number of morpholine rings is 1. The van der Waals surface area contributed by atoms with Crippen molar-refractivity contribution in [1.29, 1.82) is 0 Å². The van der Waals surface area contributed by atoms with E-state index in [1.807, 2.05) is 0 Å². The lowest BCUT2D eigenvalue weighted by Crippen LogP contribution is -2.70. The molecule has 16 aliphatic rings. The van der Waals surface area contributed by atoms with Gasteiger partial charge in [0.25, 0.3) is 0 Å². The Hall–Kier alpha value is -0.790. The molecule has 105 heavy (non-hydrogen) atoms. The molecule has 0 radical (unpaired) electrons. The molecule has 13 saturated heterocycles. The van der Waals surface area contributed by atoms with Crippen LogP contribution in [-0.4, -0.2) is 302 Å². The second-order valence-electron chi connectivity index (χ2n) is 38.6. The number of nitrogens with one attached hydrogen (secondary N) is 2. The van der Waals surface area contributed by atoms with Crippen LogP contribution in [0.3, 0.4) is 0 Å². The highest BCUT2D eigenvalue weighted by atomic mass is 19.1. The predicted octanol–water partition coefficient (Wildman–Crippen LogP) is 11.0. The van der Waals surface area contributed by atoms with Crippen molar-refractivity contribution in [2.45, 2.75) is 382 Å². The highest BCUT2D eigenvalue weighted by Crippen LogP contribution is 2.41. The van der Waals surface area contributed by atoms with Crippen molar-refractivity contribution in [3.63, 3.8) is 0 Å². The molecule has 13 heterocycles. The molecule has 0 aromatic rings. The highest BCUT2D eigenvalue weighted by Gasteiger charge is 2.48. The standard InChI is InChI=1S/C11H21NO.C11H21N.2C10H20N2.C9H18N2O.C9H18N2.C9H20N2.C8H17FN2.C8H18N2.CH4/c1-9(2)12-6-5-11-10(8-12)4-3-7-13-11;1-9(2)12-7-6-10-4-3-5-11(10)8-12;1-7(2)12-6-8-3-4-10(12)9(11)5-8;1-9(2)12-7-10(8-12)4-3-5-11-6-10;1-8(2)11-6-9(7-11)5-10-3-4-12-9;1-6(2)11-5-7-3-4-8(11)9(7)10;1-7(2)11-6-9(10)5-4-8(11)3;1-6(2)11-4-7(9)3-8(10)5-11;1-7(2)10-5-3-4-8(9)6-10;/h9-11H,3-8H2,1-2H3;9-11H,3-8H2,1-2H3;7-10H,3-6,11H2,1-2H3;9,11H,3-8H2,1-2H3;8,10H,3-7H2,1-2H3;6-9H,3-5,10H2,1-2H3;7-9H,4-6,10H2,1-3H3;6-8H,3-5,10H2,1-2H3;7-8H,3-6,9H2,1-2H3;1H4. The lowest BCUT2D eigenvalue weighted by atomic mass is 9.73. The molecule has 16 fully saturated rings. The summed E-state index contributed by atoms with van der Waals surface area (Å²) < 4.78 is 24.5. The van der Waals surface area contributed by atoms with E-state index in [9.17, 15) is 4.39 Å². The second kappa shape index (κ2) is 45.3. The first-order valence-corrected chi connectivity index (χ1v) is 44.1.